The summed E-state index contributed by atoms with van der Waals surface area (Å²) in [5, 5.41) is 0.533. The fourth-order valence-corrected chi connectivity index (χ4v) is 3.57. The van der Waals surface area contributed by atoms with Crippen molar-refractivity contribution in [3.05, 3.63) is 28.8 Å². The number of carbonyl (C=O) groups excluding carboxylic acids is 2. The molecule has 2 aliphatic rings. The molecule has 1 aliphatic carbocycles. The Kier molecular flexibility index (Phi) is 3.21. The lowest BCUT2D eigenvalue weighted by Crippen LogP contribution is -2.31. The van der Waals surface area contributed by atoms with Crippen LogP contribution in [0.3, 0.4) is 0 Å². The summed E-state index contributed by atoms with van der Waals surface area (Å²) in [6, 6.07) is 5.12. The molecular formula is C15H17ClN2O2. The van der Waals surface area contributed by atoms with Crippen molar-refractivity contribution < 1.29 is 9.59 Å². The van der Waals surface area contributed by atoms with Gasteiger partial charge in [-0.05, 0) is 42.5 Å². The van der Waals surface area contributed by atoms with Gasteiger partial charge in [0, 0.05) is 10.7 Å². The van der Waals surface area contributed by atoms with Crippen molar-refractivity contribution >= 4 is 29.1 Å². The van der Waals surface area contributed by atoms with E-state index < -0.39 is 0 Å². The van der Waals surface area contributed by atoms with Gasteiger partial charge in [-0.25, -0.2) is 0 Å². The zero-order valence-electron chi connectivity index (χ0n) is 11.3. The molecule has 1 heterocycles. The second-order valence-corrected chi connectivity index (χ2v) is 6.31. The second-order valence-electron chi connectivity index (χ2n) is 5.90. The second kappa shape index (κ2) is 4.77. The number of amides is 2. The van der Waals surface area contributed by atoms with E-state index in [1.807, 2.05) is 0 Å². The van der Waals surface area contributed by atoms with Gasteiger partial charge < -0.3 is 5.73 Å². The van der Waals surface area contributed by atoms with Gasteiger partial charge >= 0.3 is 0 Å². The summed E-state index contributed by atoms with van der Waals surface area (Å²) >= 11 is 6.11. The molecule has 2 atom stereocenters. The average molecular weight is 293 g/mol. The normalized spacial score (nSPS) is 29.1. The number of fused-ring (bicyclic) bond motifs is 1. The van der Waals surface area contributed by atoms with E-state index in [4.69, 9.17) is 17.3 Å². The molecule has 0 radical (unpaired) electrons. The van der Waals surface area contributed by atoms with Crippen LogP contribution in [0, 0.1) is 17.8 Å². The Morgan fingerprint density at radius 2 is 1.85 bits per heavy atom. The van der Waals surface area contributed by atoms with Gasteiger partial charge in [-0.2, -0.15) is 0 Å². The third-order valence-electron chi connectivity index (χ3n) is 4.36. The number of nitrogen functional groups attached to an aromatic ring is 1. The molecule has 4 nitrogen and oxygen atoms in total. The summed E-state index contributed by atoms with van der Waals surface area (Å²) in [6.45, 7) is 2.32. The number of imide groups is 1. The summed E-state index contributed by atoms with van der Waals surface area (Å²) in [7, 11) is 0. The third-order valence-corrected chi connectivity index (χ3v) is 4.73. The minimum Gasteiger partial charge on any atom is -0.399 e. The number of hydrogen-bond donors (Lipinski definition) is 1. The summed E-state index contributed by atoms with van der Waals surface area (Å²) < 4.78 is 0. The van der Waals surface area contributed by atoms with Crippen LogP contribution in [0.25, 0.3) is 0 Å². The first-order valence-electron chi connectivity index (χ1n) is 6.86. The Bertz CT molecular complexity index is 563. The lowest BCUT2D eigenvalue weighted by molar-refractivity contribution is -0.141. The Hall–Kier alpha value is -1.55. The van der Waals surface area contributed by atoms with Crippen LogP contribution in [0.2, 0.25) is 5.02 Å². The number of nitrogens with zero attached hydrogens (tertiary/aromatic N) is 1. The van der Waals surface area contributed by atoms with Crippen molar-refractivity contribution in [2.75, 3.05) is 5.73 Å². The molecular weight excluding hydrogens is 276 g/mol. The van der Waals surface area contributed by atoms with Crippen LogP contribution in [0.15, 0.2) is 18.2 Å². The number of nitrogens with two attached hydrogens (primary N) is 1. The molecule has 0 spiro atoms. The van der Waals surface area contributed by atoms with Crippen molar-refractivity contribution in [3.8, 4) is 0 Å². The molecule has 2 N–H and O–H groups in total. The van der Waals surface area contributed by atoms with Gasteiger partial charge in [-0.15, -0.1) is 0 Å². The first-order valence-corrected chi connectivity index (χ1v) is 7.24. The number of hydrogen-bond acceptors (Lipinski definition) is 3. The van der Waals surface area contributed by atoms with Crippen molar-refractivity contribution in [1.82, 2.24) is 4.90 Å². The lowest BCUT2D eigenvalue weighted by atomic mass is 10.00. The Labute approximate surface area is 122 Å². The fraction of sp³-hybridized carbons (Fsp3) is 0.467. The molecule has 20 heavy (non-hydrogen) atoms. The molecule has 1 aliphatic heterocycles. The van der Waals surface area contributed by atoms with Gasteiger partial charge in [0.1, 0.15) is 0 Å². The van der Waals surface area contributed by atoms with Gasteiger partial charge in [0.2, 0.25) is 11.8 Å². The van der Waals surface area contributed by atoms with Crippen LogP contribution in [0.4, 0.5) is 5.69 Å². The number of halogens is 1. The standard InChI is InChI=1S/C15H17ClN2O2/c1-8-4-11-12(5-8)15(20)18(14(11)19)7-9-6-10(17)2-3-13(9)16/h2-3,6,8,11-12H,4-5,7,17H2,1H3. The predicted octanol–water partition coefficient (Wildman–Crippen LogP) is 2.45. The van der Waals surface area contributed by atoms with Crippen molar-refractivity contribution in [1.29, 1.82) is 0 Å². The van der Waals surface area contributed by atoms with Crippen LogP contribution in [-0.4, -0.2) is 16.7 Å². The van der Waals surface area contributed by atoms with Gasteiger partial charge in [-0.3, -0.25) is 14.5 Å². The van der Waals surface area contributed by atoms with Gasteiger partial charge in [0.25, 0.3) is 0 Å². The van der Waals surface area contributed by atoms with E-state index in [1.54, 1.807) is 18.2 Å². The molecule has 1 aromatic carbocycles. The number of likely N-dealkylation sites (tertiary alicyclic amines) is 1. The third kappa shape index (κ3) is 2.08. The molecule has 2 fully saturated rings. The minimum absolute atomic E-state index is 0.0529. The maximum atomic E-state index is 12.4. The van der Waals surface area contributed by atoms with E-state index in [2.05, 4.69) is 6.92 Å². The van der Waals surface area contributed by atoms with Crippen LogP contribution in [0.1, 0.15) is 25.3 Å². The molecule has 2 amide bonds. The first kappa shape index (κ1) is 13.4. The van der Waals surface area contributed by atoms with Crippen molar-refractivity contribution in [3.63, 3.8) is 0 Å². The van der Waals surface area contributed by atoms with Crippen LogP contribution >= 0.6 is 11.6 Å². The zero-order valence-corrected chi connectivity index (χ0v) is 12.1. The maximum absolute atomic E-state index is 12.4. The topological polar surface area (TPSA) is 63.4 Å². The highest BCUT2D eigenvalue weighted by atomic mass is 35.5. The molecule has 106 valence electrons. The highest BCUT2D eigenvalue weighted by Crippen LogP contribution is 2.43. The lowest BCUT2D eigenvalue weighted by Gasteiger charge is -2.18. The smallest absolute Gasteiger partial charge is 0.233 e. The summed E-state index contributed by atoms with van der Waals surface area (Å²) in [6.07, 6.45) is 1.63. The number of benzene rings is 1. The predicted molar refractivity (Wildman–Crippen MR) is 76.8 cm³/mol. The summed E-state index contributed by atoms with van der Waals surface area (Å²) in [4.78, 5) is 26.1. The Morgan fingerprint density at radius 1 is 1.25 bits per heavy atom. The first-order chi connectivity index (χ1) is 9.47. The van der Waals surface area contributed by atoms with Crippen molar-refractivity contribution in [2.24, 2.45) is 17.8 Å². The van der Waals surface area contributed by atoms with Crippen LogP contribution < -0.4 is 5.73 Å². The molecule has 2 unspecified atom stereocenters. The van der Waals surface area contributed by atoms with E-state index >= 15 is 0 Å². The average Bonchev–Trinajstić information content (AvgIpc) is 2.88. The number of rotatable bonds is 2. The van der Waals surface area contributed by atoms with Crippen LogP contribution in [0.5, 0.6) is 0 Å². The van der Waals surface area contributed by atoms with E-state index in [0.29, 0.717) is 16.6 Å². The van der Waals surface area contributed by atoms with Crippen molar-refractivity contribution in [2.45, 2.75) is 26.3 Å². The SMILES string of the molecule is CC1CC2C(=O)N(Cc3cc(N)ccc3Cl)C(=O)C2C1. The fourth-order valence-electron chi connectivity index (χ4n) is 3.39. The van der Waals surface area contributed by atoms with E-state index in [0.717, 1.165) is 18.4 Å². The van der Waals surface area contributed by atoms with E-state index in [9.17, 15) is 9.59 Å². The highest BCUT2D eigenvalue weighted by Gasteiger charge is 2.51. The van der Waals surface area contributed by atoms with Crippen LogP contribution in [-0.2, 0) is 16.1 Å². The largest absolute Gasteiger partial charge is 0.399 e. The molecule has 1 saturated heterocycles. The molecule has 0 bridgehead atoms. The molecule has 5 heteroatoms. The number of anilines is 1. The summed E-state index contributed by atoms with van der Waals surface area (Å²) in [5.41, 5.74) is 7.04. The number of carbonyl (C=O) groups is 2. The zero-order chi connectivity index (χ0) is 14.4. The van der Waals surface area contributed by atoms with Gasteiger partial charge in [0.05, 0.1) is 18.4 Å². The highest BCUT2D eigenvalue weighted by molar-refractivity contribution is 6.31. The van der Waals surface area contributed by atoms with Gasteiger partial charge in [-0.1, -0.05) is 18.5 Å². The Balaban J connectivity index is 1.84. The molecule has 1 saturated carbocycles. The Morgan fingerprint density at radius 3 is 2.45 bits per heavy atom. The van der Waals surface area contributed by atoms with E-state index in [1.165, 1.54) is 4.90 Å². The molecule has 3 rings (SSSR count). The van der Waals surface area contributed by atoms with E-state index in [-0.39, 0.29) is 30.2 Å². The molecule has 0 aromatic heterocycles. The summed E-state index contributed by atoms with van der Waals surface area (Å²) in [5.74, 6) is 0.0939. The minimum atomic E-state index is -0.127. The van der Waals surface area contributed by atoms with Gasteiger partial charge in [0.15, 0.2) is 0 Å². The molecule has 1 aromatic rings. The maximum Gasteiger partial charge on any atom is 0.233 e. The monoisotopic (exact) mass is 292 g/mol. The quantitative estimate of drug-likeness (QED) is 0.673.